The van der Waals surface area contributed by atoms with Crippen molar-refractivity contribution in [1.29, 1.82) is 0 Å². The number of para-hydroxylation sites is 1. The highest BCUT2D eigenvalue weighted by Crippen LogP contribution is 2.26. The first-order valence-electron chi connectivity index (χ1n) is 5.50. The Labute approximate surface area is 115 Å². The minimum Gasteiger partial charge on any atom is -0.320 e. The predicted octanol–water partition coefficient (Wildman–Crippen LogP) is 3.73. The van der Waals surface area contributed by atoms with Crippen molar-refractivity contribution in [1.82, 2.24) is 4.98 Å². The zero-order chi connectivity index (χ0) is 13.1. The topological polar surface area (TPSA) is 42.0 Å². The molecule has 1 amide bonds. The summed E-state index contributed by atoms with van der Waals surface area (Å²) in [5.41, 5.74) is 1.64. The van der Waals surface area contributed by atoms with Crippen LogP contribution in [0.1, 0.15) is 20.4 Å². The molecule has 5 heteroatoms. The van der Waals surface area contributed by atoms with Crippen LogP contribution in [0, 0.1) is 13.8 Å². The first-order valence-corrected chi connectivity index (χ1v) is 7.54. The Morgan fingerprint density at radius 2 is 2.06 bits per heavy atom. The number of carbonyl (C=O) groups excluding carboxylic acids is 1. The van der Waals surface area contributed by atoms with Crippen molar-refractivity contribution < 1.29 is 4.79 Å². The molecule has 1 aromatic carbocycles. The lowest BCUT2D eigenvalue weighted by atomic mass is 10.3. The molecule has 0 saturated carbocycles. The van der Waals surface area contributed by atoms with E-state index in [-0.39, 0.29) is 5.91 Å². The quantitative estimate of drug-likeness (QED) is 0.870. The molecule has 0 saturated heterocycles. The third-order valence-electron chi connectivity index (χ3n) is 2.46. The summed E-state index contributed by atoms with van der Waals surface area (Å²) in [5, 5.41) is 3.86. The van der Waals surface area contributed by atoms with Gasteiger partial charge in [0.1, 0.15) is 4.88 Å². The fourth-order valence-electron chi connectivity index (χ4n) is 1.67. The van der Waals surface area contributed by atoms with Crippen LogP contribution >= 0.6 is 23.1 Å². The van der Waals surface area contributed by atoms with Crippen molar-refractivity contribution in [2.75, 3.05) is 11.6 Å². The second kappa shape index (κ2) is 5.54. The molecular formula is C13H14N2OS2. The molecule has 2 aromatic rings. The highest BCUT2D eigenvalue weighted by atomic mass is 32.2. The summed E-state index contributed by atoms with van der Waals surface area (Å²) < 4.78 is 0. The number of amides is 1. The molecule has 0 atom stereocenters. The number of aromatic nitrogens is 1. The van der Waals surface area contributed by atoms with E-state index < -0.39 is 0 Å². The fraction of sp³-hybridized carbons (Fsp3) is 0.231. The summed E-state index contributed by atoms with van der Waals surface area (Å²) >= 11 is 3.04. The Bertz CT molecular complexity index is 578. The third kappa shape index (κ3) is 2.73. The average molecular weight is 278 g/mol. The number of hydrogen-bond acceptors (Lipinski definition) is 4. The molecular weight excluding hydrogens is 264 g/mol. The van der Waals surface area contributed by atoms with Gasteiger partial charge in [-0.2, -0.15) is 0 Å². The molecule has 1 aromatic heterocycles. The van der Waals surface area contributed by atoms with Crippen LogP contribution in [0.25, 0.3) is 0 Å². The molecule has 0 aliphatic carbocycles. The number of hydrogen-bond donors (Lipinski definition) is 1. The van der Waals surface area contributed by atoms with E-state index in [0.29, 0.717) is 4.88 Å². The van der Waals surface area contributed by atoms with Crippen LogP contribution in [0.2, 0.25) is 0 Å². The van der Waals surface area contributed by atoms with E-state index in [0.717, 1.165) is 21.3 Å². The van der Waals surface area contributed by atoms with Crippen LogP contribution in [0.3, 0.4) is 0 Å². The van der Waals surface area contributed by atoms with Gasteiger partial charge in [0.2, 0.25) is 0 Å². The summed E-state index contributed by atoms with van der Waals surface area (Å²) in [6.07, 6.45) is 1.99. The largest absolute Gasteiger partial charge is 0.320 e. The van der Waals surface area contributed by atoms with Crippen molar-refractivity contribution in [3.05, 3.63) is 39.8 Å². The van der Waals surface area contributed by atoms with Gasteiger partial charge in [-0.25, -0.2) is 4.98 Å². The van der Waals surface area contributed by atoms with Gasteiger partial charge in [-0.1, -0.05) is 12.1 Å². The molecule has 18 heavy (non-hydrogen) atoms. The van der Waals surface area contributed by atoms with Crippen molar-refractivity contribution in [3.63, 3.8) is 0 Å². The number of rotatable bonds is 3. The summed E-state index contributed by atoms with van der Waals surface area (Å²) in [6, 6.07) is 7.78. The first kappa shape index (κ1) is 13.1. The second-order valence-corrected chi connectivity index (χ2v) is 5.85. The number of benzene rings is 1. The Morgan fingerprint density at radius 3 is 2.67 bits per heavy atom. The van der Waals surface area contributed by atoms with Gasteiger partial charge >= 0.3 is 0 Å². The molecule has 1 N–H and O–H groups in total. The number of thioether (sulfide) groups is 1. The normalized spacial score (nSPS) is 10.4. The molecule has 0 unspecified atom stereocenters. The van der Waals surface area contributed by atoms with Gasteiger partial charge in [-0.05, 0) is 32.2 Å². The predicted molar refractivity (Wildman–Crippen MR) is 77.8 cm³/mol. The van der Waals surface area contributed by atoms with Crippen LogP contribution < -0.4 is 5.32 Å². The second-order valence-electron chi connectivity index (χ2n) is 3.80. The number of aryl methyl sites for hydroxylation is 2. The van der Waals surface area contributed by atoms with Crippen molar-refractivity contribution in [3.8, 4) is 0 Å². The van der Waals surface area contributed by atoms with Gasteiger partial charge in [0, 0.05) is 4.90 Å². The van der Waals surface area contributed by atoms with Crippen molar-refractivity contribution >= 4 is 34.7 Å². The molecule has 0 fully saturated rings. The molecule has 0 bridgehead atoms. The van der Waals surface area contributed by atoms with E-state index in [1.807, 2.05) is 44.4 Å². The number of nitrogens with one attached hydrogen (secondary N) is 1. The van der Waals surface area contributed by atoms with Crippen molar-refractivity contribution in [2.24, 2.45) is 0 Å². The lowest BCUT2D eigenvalue weighted by molar-refractivity contribution is 0.102. The van der Waals surface area contributed by atoms with E-state index in [9.17, 15) is 4.79 Å². The number of carbonyl (C=O) groups is 1. The van der Waals surface area contributed by atoms with Gasteiger partial charge in [-0.3, -0.25) is 4.79 Å². The van der Waals surface area contributed by atoms with E-state index in [1.54, 1.807) is 11.8 Å². The molecule has 94 valence electrons. The SMILES string of the molecule is CSc1ccccc1NC(=O)c1sc(C)nc1C. The van der Waals surface area contributed by atoms with Gasteiger partial charge in [0.25, 0.3) is 5.91 Å². The third-order valence-corrected chi connectivity index (χ3v) is 4.33. The van der Waals surface area contributed by atoms with Crippen LogP contribution in [0.4, 0.5) is 5.69 Å². The number of thiazole rings is 1. The maximum absolute atomic E-state index is 12.2. The number of anilines is 1. The van der Waals surface area contributed by atoms with E-state index in [4.69, 9.17) is 0 Å². The summed E-state index contributed by atoms with van der Waals surface area (Å²) in [4.78, 5) is 18.2. The Morgan fingerprint density at radius 1 is 1.33 bits per heavy atom. The smallest absolute Gasteiger partial charge is 0.267 e. The van der Waals surface area contributed by atoms with Crippen LogP contribution in [0.5, 0.6) is 0 Å². The molecule has 1 heterocycles. The fourth-order valence-corrected chi connectivity index (χ4v) is 3.04. The molecule has 0 aliphatic rings. The van der Waals surface area contributed by atoms with Gasteiger partial charge < -0.3 is 5.32 Å². The summed E-state index contributed by atoms with van der Waals surface area (Å²) in [5.74, 6) is -0.0837. The molecule has 0 spiro atoms. The molecule has 3 nitrogen and oxygen atoms in total. The Balaban J connectivity index is 2.24. The highest BCUT2D eigenvalue weighted by molar-refractivity contribution is 7.98. The molecule has 2 rings (SSSR count). The zero-order valence-corrected chi connectivity index (χ0v) is 12.1. The minimum atomic E-state index is -0.0837. The van der Waals surface area contributed by atoms with Crippen LogP contribution in [-0.2, 0) is 0 Å². The van der Waals surface area contributed by atoms with E-state index >= 15 is 0 Å². The van der Waals surface area contributed by atoms with Crippen LogP contribution in [0.15, 0.2) is 29.2 Å². The van der Waals surface area contributed by atoms with Crippen molar-refractivity contribution in [2.45, 2.75) is 18.7 Å². The molecule has 0 radical (unpaired) electrons. The maximum atomic E-state index is 12.2. The lowest BCUT2D eigenvalue weighted by Gasteiger charge is -2.08. The monoisotopic (exact) mass is 278 g/mol. The molecule has 0 aliphatic heterocycles. The zero-order valence-electron chi connectivity index (χ0n) is 10.5. The highest BCUT2D eigenvalue weighted by Gasteiger charge is 2.14. The van der Waals surface area contributed by atoms with Gasteiger partial charge in [-0.15, -0.1) is 23.1 Å². The van der Waals surface area contributed by atoms with E-state index in [2.05, 4.69) is 10.3 Å². The van der Waals surface area contributed by atoms with Crippen LogP contribution in [-0.4, -0.2) is 17.1 Å². The van der Waals surface area contributed by atoms with E-state index in [1.165, 1.54) is 11.3 Å². The standard InChI is InChI=1S/C13H14N2OS2/c1-8-12(18-9(2)14-8)13(16)15-10-6-4-5-7-11(10)17-3/h4-7H,1-3H3,(H,15,16). The first-order chi connectivity index (χ1) is 8.61. The lowest BCUT2D eigenvalue weighted by Crippen LogP contribution is -2.12. The van der Waals surface area contributed by atoms with Gasteiger partial charge in [0.05, 0.1) is 16.4 Å². The number of nitrogens with zero attached hydrogens (tertiary/aromatic N) is 1. The Hall–Kier alpha value is -1.33. The maximum Gasteiger partial charge on any atom is 0.267 e. The van der Waals surface area contributed by atoms with Gasteiger partial charge in [0.15, 0.2) is 0 Å². The Kier molecular flexibility index (Phi) is 4.04. The average Bonchev–Trinajstić information content (AvgIpc) is 2.69. The summed E-state index contributed by atoms with van der Waals surface area (Å²) in [6.45, 7) is 3.77. The summed E-state index contributed by atoms with van der Waals surface area (Å²) in [7, 11) is 0. The minimum absolute atomic E-state index is 0.0837.